The number of anilines is 2. The van der Waals surface area contributed by atoms with Gasteiger partial charge in [-0.3, -0.25) is 0 Å². The average Bonchev–Trinajstić information content (AvgIpc) is 3.47. The van der Waals surface area contributed by atoms with Gasteiger partial charge in [-0.1, -0.05) is 81.1 Å². The third-order valence-corrected chi connectivity index (χ3v) is 8.87. The molecule has 2 heterocycles. The molecule has 0 amide bonds. The van der Waals surface area contributed by atoms with Crippen LogP contribution in [0.3, 0.4) is 0 Å². The highest BCUT2D eigenvalue weighted by Gasteiger charge is 2.39. The van der Waals surface area contributed by atoms with E-state index < -0.39 is 0 Å². The molecule has 2 aliphatic carbocycles. The number of hydrogen-bond acceptors (Lipinski definition) is 2. The average molecular weight is 456 g/mol. The normalized spacial score (nSPS) is 18.3. The number of allylic oxidation sites excluding steroid dienone is 2. The van der Waals surface area contributed by atoms with Crippen molar-refractivity contribution in [2.45, 2.75) is 52.2 Å². The molecule has 0 N–H and O–H groups in total. The maximum absolute atomic E-state index is 2.68. The largest absolute Gasteiger partial charge is 0.342 e. The summed E-state index contributed by atoms with van der Waals surface area (Å²) in [5, 5.41) is 0. The monoisotopic (exact) mass is 456 g/mol. The summed E-state index contributed by atoms with van der Waals surface area (Å²) in [6.07, 6.45) is 6.94. The summed E-state index contributed by atoms with van der Waals surface area (Å²) >= 11 is 0. The van der Waals surface area contributed by atoms with Gasteiger partial charge in [-0.15, -0.1) is 0 Å². The molecule has 2 aliphatic heterocycles. The molecule has 0 saturated carbocycles. The fourth-order valence-electron chi connectivity index (χ4n) is 7.21. The van der Waals surface area contributed by atoms with E-state index in [-0.39, 0.29) is 0 Å². The molecule has 0 unspecified atom stereocenters. The van der Waals surface area contributed by atoms with Gasteiger partial charge in [-0.2, -0.15) is 0 Å². The van der Waals surface area contributed by atoms with Crippen molar-refractivity contribution in [2.24, 2.45) is 0 Å². The van der Waals surface area contributed by atoms with Gasteiger partial charge < -0.3 is 9.80 Å². The number of nitrogens with zero attached hydrogens (tertiary/aromatic N) is 2. The molecule has 4 aliphatic rings. The number of benzene rings is 3. The van der Waals surface area contributed by atoms with Crippen molar-refractivity contribution < 1.29 is 0 Å². The zero-order chi connectivity index (χ0) is 23.5. The van der Waals surface area contributed by atoms with E-state index in [0.717, 1.165) is 38.8 Å². The van der Waals surface area contributed by atoms with Crippen LogP contribution in [0, 0.1) is 0 Å². The summed E-state index contributed by atoms with van der Waals surface area (Å²) in [6, 6.07) is 25.2. The van der Waals surface area contributed by atoms with Crippen molar-refractivity contribution in [1.29, 1.82) is 0 Å². The second-order valence-corrected chi connectivity index (χ2v) is 10.6. The van der Waals surface area contributed by atoms with Crippen LogP contribution >= 0.6 is 0 Å². The Labute approximate surface area is 210 Å². The van der Waals surface area contributed by atoms with Crippen LogP contribution in [0.25, 0.3) is 11.4 Å². The minimum absolute atomic E-state index is 0.665. The van der Waals surface area contributed by atoms with Crippen molar-refractivity contribution >= 4 is 34.9 Å². The van der Waals surface area contributed by atoms with Crippen molar-refractivity contribution in [3.8, 4) is 0 Å². The fourth-order valence-corrected chi connectivity index (χ4v) is 7.21. The predicted molar refractivity (Wildman–Crippen MR) is 151 cm³/mol. The zero-order valence-electron chi connectivity index (χ0n) is 21.0. The third-order valence-electron chi connectivity index (χ3n) is 8.87. The van der Waals surface area contributed by atoms with Gasteiger partial charge in [0.2, 0.25) is 0 Å². The highest BCUT2D eigenvalue weighted by atomic mass is 15.2. The summed E-state index contributed by atoms with van der Waals surface area (Å²) in [5.41, 5.74) is 16.6. The first kappa shape index (κ1) is 21.1. The molecular formula is C32H33BN2. The SMILES string of the molecule is CCC1=C(N2CCB3CCN(C4=C(CC)Cc5ccccc54)c4cccc2c43)c2ccccc2C1. The molecule has 174 valence electrons. The molecule has 2 nitrogen and oxygen atoms in total. The van der Waals surface area contributed by atoms with Crippen molar-refractivity contribution in [1.82, 2.24) is 0 Å². The Morgan fingerprint density at radius 2 is 1.11 bits per heavy atom. The first-order valence-corrected chi connectivity index (χ1v) is 13.6. The van der Waals surface area contributed by atoms with Gasteiger partial charge in [0.25, 0.3) is 0 Å². The molecular weight excluding hydrogens is 423 g/mol. The van der Waals surface area contributed by atoms with E-state index in [4.69, 9.17) is 0 Å². The minimum Gasteiger partial charge on any atom is -0.342 e. The topological polar surface area (TPSA) is 6.48 Å². The molecule has 0 radical (unpaired) electrons. The van der Waals surface area contributed by atoms with Gasteiger partial charge in [-0.05, 0) is 65.6 Å². The molecule has 3 aromatic carbocycles. The van der Waals surface area contributed by atoms with Crippen LogP contribution in [-0.2, 0) is 12.8 Å². The maximum Gasteiger partial charge on any atom is 0.184 e. The van der Waals surface area contributed by atoms with Crippen LogP contribution in [0.1, 0.15) is 48.9 Å². The van der Waals surface area contributed by atoms with E-state index in [2.05, 4.69) is 90.4 Å². The highest BCUT2D eigenvalue weighted by molar-refractivity contribution is 6.77. The van der Waals surface area contributed by atoms with Gasteiger partial charge in [0.05, 0.1) is 0 Å². The first-order chi connectivity index (χ1) is 17.3. The van der Waals surface area contributed by atoms with Crippen molar-refractivity contribution in [3.05, 3.63) is 100 Å². The lowest BCUT2D eigenvalue weighted by atomic mass is 9.37. The second-order valence-electron chi connectivity index (χ2n) is 10.6. The standard InChI is InChI=1S/C32H33BN2/c1-3-22-20-24-10-5-7-12-26(24)31(22)34-18-16-33-17-19-35(29-15-9-14-28(34)30(29)33)32-23(4-2)21-25-11-6-8-13-27(25)32/h5-15H,3-4,16-21H2,1-2H3. The highest BCUT2D eigenvalue weighted by Crippen LogP contribution is 2.45. The summed E-state index contributed by atoms with van der Waals surface area (Å²) < 4.78 is 0. The lowest BCUT2D eigenvalue weighted by Crippen LogP contribution is -2.51. The molecule has 0 saturated heterocycles. The second kappa shape index (κ2) is 8.19. The zero-order valence-corrected chi connectivity index (χ0v) is 21.0. The summed E-state index contributed by atoms with van der Waals surface area (Å²) in [6.45, 7) is 7.57. The molecule has 3 heteroatoms. The number of rotatable bonds is 4. The van der Waals surface area contributed by atoms with Crippen LogP contribution in [-0.4, -0.2) is 19.8 Å². The quantitative estimate of drug-likeness (QED) is 0.399. The lowest BCUT2D eigenvalue weighted by molar-refractivity contribution is 0.934. The molecule has 7 rings (SSSR count). The van der Waals surface area contributed by atoms with Gasteiger partial charge in [-0.25, -0.2) is 0 Å². The Balaban J connectivity index is 1.37. The molecule has 0 fully saturated rings. The molecule has 35 heavy (non-hydrogen) atoms. The van der Waals surface area contributed by atoms with E-state index in [1.807, 2.05) is 0 Å². The molecule has 0 aromatic heterocycles. The van der Waals surface area contributed by atoms with Crippen LogP contribution in [0.4, 0.5) is 11.4 Å². The van der Waals surface area contributed by atoms with Gasteiger partial charge >= 0.3 is 0 Å². The van der Waals surface area contributed by atoms with Crippen LogP contribution < -0.4 is 15.3 Å². The smallest absolute Gasteiger partial charge is 0.184 e. The van der Waals surface area contributed by atoms with Crippen molar-refractivity contribution in [2.75, 3.05) is 22.9 Å². The summed E-state index contributed by atoms with van der Waals surface area (Å²) in [5.74, 6) is 0. The minimum atomic E-state index is 0.665. The Morgan fingerprint density at radius 3 is 1.60 bits per heavy atom. The Hall–Kier alpha value is -3.20. The Bertz CT molecular complexity index is 1300. The van der Waals surface area contributed by atoms with Crippen LogP contribution in [0.15, 0.2) is 77.9 Å². The van der Waals surface area contributed by atoms with Gasteiger partial charge in [0.1, 0.15) is 0 Å². The molecule has 0 spiro atoms. The van der Waals surface area contributed by atoms with Crippen molar-refractivity contribution in [3.63, 3.8) is 0 Å². The first-order valence-electron chi connectivity index (χ1n) is 13.6. The lowest BCUT2D eigenvalue weighted by Gasteiger charge is -2.43. The van der Waals surface area contributed by atoms with E-state index in [9.17, 15) is 0 Å². The molecule has 0 bridgehead atoms. The van der Waals surface area contributed by atoms with E-state index in [1.54, 1.807) is 16.6 Å². The Morgan fingerprint density at radius 1 is 0.629 bits per heavy atom. The van der Waals surface area contributed by atoms with Gasteiger partial charge in [0, 0.05) is 47.0 Å². The summed E-state index contributed by atoms with van der Waals surface area (Å²) in [7, 11) is 0. The molecule has 0 atom stereocenters. The van der Waals surface area contributed by atoms with E-state index >= 15 is 0 Å². The predicted octanol–water partition coefficient (Wildman–Crippen LogP) is 6.78. The van der Waals surface area contributed by atoms with E-state index in [0.29, 0.717) is 6.71 Å². The Kier molecular flexibility index (Phi) is 4.94. The summed E-state index contributed by atoms with van der Waals surface area (Å²) in [4.78, 5) is 5.36. The van der Waals surface area contributed by atoms with Crippen LogP contribution in [0.5, 0.6) is 0 Å². The molecule has 3 aromatic rings. The third kappa shape index (κ3) is 3.10. The van der Waals surface area contributed by atoms with E-state index in [1.165, 1.54) is 57.7 Å². The number of hydrogen-bond donors (Lipinski definition) is 0. The maximum atomic E-state index is 2.68. The van der Waals surface area contributed by atoms with Gasteiger partial charge in [0.15, 0.2) is 6.71 Å². The van der Waals surface area contributed by atoms with Crippen LogP contribution in [0.2, 0.25) is 12.6 Å². The fraction of sp³-hybridized carbons (Fsp3) is 0.312. The number of fused-ring (bicyclic) bond motifs is 2.